The van der Waals surface area contributed by atoms with Gasteiger partial charge in [-0.1, -0.05) is 13.3 Å². The highest BCUT2D eigenvalue weighted by Gasteiger charge is 2.24. The van der Waals surface area contributed by atoms with Crippen molar-refractivity contribution in [2.24, 2.45) is 5.73 Å². The summed E-state index contributed by atoms with van der Waals surface area (Å²) in [7, 11) is 0. The third kappa shape index (κ3) is 2.15. The van der Waals surface area contributed by atoms with Crippen molar-refractivity contribution in [2.45, 2.75) is 32.2 Å². The van der Waals surface area contributed by atoms with Crippen molar-refractivity contribution < 1.29 is 8.78 Å². The highest BCUT2D eigenvalue weighted by Crippen LogP contribution is 2.25. The molecule has 0 spiro atoms. The zero-order valence-electron chi connectivity index (χ0n) is 9.85. The molecule has 0 fully saturated rings. The monoisotopic (exact) mass is 239 g/mol. The van der Waals surface area contributed by atoms with Crippen LogP contribution in [0.25, 0.3) is 11.0 Å². The molecular formula is C12H15F2N3. The molecule has 0 aliphatic heterocycles. The Morgan fingerprint density at radius 2 is 2.12 bits per heavy atom. The quantitative estimate of drug-likeness (QED) is 0.865. The van der Waals surface area contributed by atoms with Crippen LogP contribution in [0.15, 0.2) is 12.1 Å². The van der Waals surface area contributed by atoms with Gasteiger partial charge in [0.15, 0.2) is 5.82 Å². The van der Waals surface area contributed by atoms with E-state index in [-0.39, 0.29) is 5.52 Å². The number of H-pyrrole nitrogens is 1. The summed E-state index contributed by atoms with van der Waals surface area (Å²) in [6.07, 6.45) is 1.61. The number of hydrogen-bond donors (Lipinski definition) is 2. The molecule has 1 atom stereocenters. The van der Waals surface area contributed by atoms with Gasteiger partial charge in [-0.25, -0.2) is 13.8 Å². The standard InChI is InChI=1S/C12H15F2N3/c1-3-4-12(2,15)11-16-9-6-7(13)5-8(14)10(9)17-11/h5-6H,3-4,15H2,1-2H3,(H,16,17). The minimum atomic E-state index is -0.671. The summed E-state index contributed by atoms with van der Waals surface area (Å²) >= 11 is 0. The first-order valence-corrected chi connectivity index (χ1v) is 5.58. The van der Waals surface area contributed by atoms with Crippen LogP contribution in [-0.4, -0.2) is 9.97 Å². The average molecular weight is 239 g/mol. The van der Waals surface area contributed by atoms with Crippen molar-refractivity contribution >= 4 is 11.0 Å². The number of nitrogens with zero attached hydrogens (tertiary/aromatic N) is 1. The predicted octanol–water partition coefficient (Wildman–Crippen LogP) is 2.82. The van der Waals surface area contributed by atoms with Crippen LogP contribution in [-0.2, 0) is 5.54 Å². The lowest BCUT2D eigenvalue weighted by Gasteiger charge is -2.20. The maximum atomic E-state index is 13.5. The summed E-state index contributed by atoms with van der Waals surface area (Å²) in [5.74, 6) is -0.812. The molecule has 0 saturated carbocycles. The number of imidazole rings is 1. The minimum absolute atomic E-state index is 0.133. The van der Waals surface area contributed by atoms with Crippen LogP contribution < -0.4 is 5.73 Å². The molecule has 5 heteroatoms. The smallest absolute Gasteiger partial charge is 0.153 e. The zero-order chi connectivity index (χ0) is 12.6. The molecule has 2 rings (SSSR count). The Morgan fingerprint density at radius 1 is 1.41 bits per heavy atom. The Hall–Kier alpha value is -1.49. The lowest BCUT2D eigenvalue weighted by atomic mass is 9.97. The van der Waals surface area contributed by atoms with Gasteiger partial charge in [-0.3, -0.25) is 0 Å². The molecule has 1 heterocycles. The number of aromatic nitrogens is 2. The van der Waals surface area contributed by atoms with E-state index < -0.39 is 17.2 Å². The van der Waals surface area contributed by atoms with Crippen molar-refractivity contribution in [3.05, 3.63) is 29.6 Å². The van der Waals surface area contributed by atoms with Gasteiger partial charge in [0.25, 0.3) is 0 Å². The normalized spacial score (nSPS) is 15.1. The van der Waals surface area contributed by atoms with Gasteiger partial charge in [-0.2, -0.15) is 0 Å². The van der Waals surface area contributed by atoms with Gasteiger partial charge in [0.2, 0.25) is 0 Å². The van der Waals surface area contributed by atoms with Crippen LogP contribution in [0.2, 0.25) is 0 Å². The molecule has 1 aromatic heterocycles. The van der Waals surface area contributed by atoms with Crippen LogP contribution in [0.4, 0.5) is 8.78 Å². The van der Waals surface area contributed by atoms with Crippen molar-refractivity contribution in [2.75, 3.05) is 0 Å². The second kappa shape index (κ2) is 4.07. The topological polar surface area (TPSA) is 54.7 Å². The fourth-order valence-electron chi connectivity index (χ4n) is 1.95. The summed E-state index contributed by atoms with van der Waals surface area (Å²) < 4.78 is 26.5. The Bertz CT molecular complexity index is 546. The van der Waals surface area contributed by atoms with Crippen molar-refractivity contribution in [3.63, 3.8) is 0 Å². The van der Waals surface area contributed by atoms with E-state index in [1.54, 1.807) is 0 Å². The summed E-state index contributed by atoms with van der Waals surface area (Å²) in [6.45, 7) is 3.83. The highest BCUT2D eigenvalue weighted by atomic mass is 19.1. The fraction of sp³-hybridized carbons (Fsp3) is 0.417. The maximum absolute atomic E-state index is 13.5. The number of nitrogens with two attached hydrogens (primary N) is 1. The number of rotatable bonds is 3. The van der Waals surface area contributed by atoms with Crippen molar-refractivity contribution in [1.29, 1.82) is 0 Å². The van der Waals surface area contributed by atoms with E-state index >= 15 is 0 Å². The predicted molar refractivity (Wildman–Crippen MR) is 62.5 cm³/mol. The Morgan fingerprint density at radius 3 is 2.76 bits per heavy atom. The number of aromatic amines is 1. The summed E-state index contributed by atoms with van der Waals surface area (Å²) in [6, 6.07) is 2.04. The van der Waals surface area contributed by atoms with Crippen LogP contribution in [0.1, 0.15) is 32.5 Å². The number of fused-ring (bicyclic) bond motifs is 1. The van der Waals surface area contributed by atoms with Crippen molar-refractivity contribution in [3.8, 4) is 0 Å². The molecule has 0 amide bonds. The highest BCUT2D eigenvalue weighted by molar-refractivity contribution is 5.76. The van der Waals surface area contributed by atoms with Gasteiger partial charge in [0.1, 0.15) is 17.2 Å². The van der Waals surface area contributed by atoms with E-state index in [2.05, 4.69) is 9.97 Å². The Labute approximate surface area is 98.0 Å². The summed E-state index contributed by atoms with van der Waals surface area (Å²) in [5.41, 5.74) is 5.91. The fourth-order valence-corrected chi connectivity index (χ4v) is 1.95. The Kier molecular flexibility index (Phi) is 2.87. The van der Waals surface area contributed by atoms with E-state index in [1.807, 2.05) is 13.8 Å². The lowest BCUT2D eigenvalue weighted by molar-refractivity contribution is 0.424. The van der Waals surface area contributed by atoms with E-state index in [4.69, 9.17) is 5.73 Å². The Balaban J connectivity index is 2.55. The summed E-state index contributed by atoms with van der Waals surface area (Å²) in [4.78, 5) is 7.01. The first kappa shape index (κ1) is 12.0. The van der Waals surface area contributed by atoms with E-state index in [9.17, 15) is 8.78 Å². The van der Waals surface area contributed by atoms with Gasteiger partial charge in [0, 0.05) is 6.07 Å². The van der Waals surface area contributed by atoms with Gasteiger partial charge >= 0.3 is 0 Å². The number of halogens is 2. The molecule has 0 aliphatic carbocycles. The van der Waals surface area contributed by atoms with Crippen LogP contribution in [0.3, 0.4) is 0 Å². The maximum Gasteiger partial charge on any atom is 0.153 e. The van der Waals surface area contributed by atoms with Crippen molar-refractivity contribution in [1.82, 2.24) is 9.97 Å². The first-order chi connectivity index (χ1) is 7.94. The largest absolute Gasteiger partial charge is 0.340 e. The second-order valence-corrected chi connectivity index (χ2v) is 4.54. The number of nitrogens with one attached hydrogen (secondary N) is 1. The molecular weight excluding hydrogens is 224 g/mol. The zero-order valence-corrected chi connectivity index (χ0v) is 9.85. The molecule has 3 nitrogen and oxygen atoms in total. The van der Waals surface area contributed by atoms with Crippen LogP contribution in [0, 0.1) is 11.6 Å². The third-order valence-corrected chi connectivity index (χ3v) is 2.82. The molecule has 0 radical (unpaired) electrons. The van der Waals surface area contributed by atoms with Gasteiger partial charge in [-0.15, -0.1) is 0 Å². The molecule has 17 heavy (non-hydrogen) atoms. The van der Waals surface area contributed by atoms with E-state index in [1.165, 1.54) is 6.07 Å². The molecule has 2 aromatic rings. The molecule has 0 aliphatic rings. The lowest BCUT2D eigenvalue weighted by Crippen LogP contribution is -2.34. The second-order valence-electron chi connectivity index (χ2n) is 4.54. The first-order valence-electron chi connectivity index (χ1n) is 5.58. The average Bonchev–Trinajstić information content (AvgIpc) is 2.62. The molecule has 1 aromatic carbocycles. The van der Waals surface area contributed by atoms with Gasteiger partial charge in [0.05, 0.1) is 11.1 Å². The van der Waals surface area contributed by atoms with Crippen LogP contribution in [0.5, 0.6) is 0 Å². The molecule has 92 valence electrons. The van der Waals surface area contributed by atoms with Crippen LogP contribution >= 0.6 is 0 Å². The number of benzene rings is 1. The van der Waals surface area contributed by atoms with E-state index in [0.717, 1.165) is 18.9 Å². The van der Waals surface area contributed by atoms with Gasteiger partial charge < -0.3 is 10.7 Å². The minimum Gasteiger partial charge on any atom is -0.340 e. The van der Waals surface area contributed by atoms with E-state index in [0.29, 0.717) is 11.3 Å². The SMILES string of the molecule is CCCC(C)(N)c1nc2c(F)cc(F)cc2[nH]1. The number of hydrogen-bond acceptors (Lipinski definition) is 2. The third-order valence-electron chi connectivity index (χ3n) is 2.82. The molecule has 0 saturated heterocycles. The molecule has 1 unspecified atom stereocenters. The van der Waals surface area contributed by atoms with Gasteiger partial charge in [-0.05, 0) is 19.4 Å². The summed E-state index contributed by atoms with van der Waals surface area (Å²) in [5, 5.41) is 0. The molecule has 0 bridgehead atoms. The molecule has 3 N–H and O–H groups in total.